The topological polar surface area (TPSA) is 79.2 Å². The number of hydrogen-bond donors (Lipinski definition) is 1. The number of benzene rings is 1. The van der Waals surface area contributed by atoms with Crippen molar-refractivity contribution in [3.05, 3.63) is 23.8 Å². The van der Waals surface area contributed by atoms with Crippen LogP contribution in [0.4, 0.5) is 32.0 Å². The van der Waals surface area contributed by atoms with Crippen molar-refractivity contribution in [2.75, 3.05) is 5.75 Å². The van der Waals surface area contributed by atoms with Crippen molar-refractivity contribution in [1.29, 1.82) is 5.26 Å². The number of rotatable bonds is 3. The highest BCUT2D eigenvalue weighted by Gasteiger charge is 2.34. The van der Waals surface area contributed by atoms with E-state index in [1.165, 1.54) is 6.07 Å². The Hall–Kier alpha value is -2.09. The maximum atomic E-state index is 12.2. The van der Waals surface area contributed by atoms with Crippen LogP contribution in [0.2, 0.25) is 0 Å². The van der Waals surface area contributed by atoms with E-state index in [1.54, 1.807) is 0 Å². The zero-order chi connectivity index (χ0) is 17.1. The van der Waals surface area contributed by atoms with Gasteiger partial charge in [-0.1, -0.05) is 0 Å². The van der Waals surface area contributed by atoms with Crippen LogP contribution in [0.25, 0.3) is 0 Å². The van der Waals surface area contributed by atoms with E-state index in [0.717, 1.165) is 12.1 Å². The largest absolute Gasteiger partial charge is 0.448 e. The van der Waals surface area contributed by atoms with Crippen LogP contribution < -0.4 is 5.73 Å². The van der Waals surface area contributed by atoms with Gasteiger partial charge >= 0.3 is 12.4 Å². The number of nitriles is 1. The monoisotopic (exact) mass is 343 g/mol. The third-order valence-electron chi connectivity index (χ3n) is 2.17. The van der Waals surface area contributed by atoms with Crippen molar-refractivity contribution < 1.29 is 30.6 Å². The second-order valence-corrected chi connectivity index (χ2v) is 5.31. The van der Waals surface area contributed by atoms with Crippen LogP contribution in [-0.2, 0) is 10.8 Å². The zero-order valence-corrected chi connectivity index (χ0v) is 11.3. The van der Waals surface area contributed by atoms with Crippen molar-refractivity contribution in [2.24, 2.45) is 10.7 Å². The van der Waals surface area contributed by atoms with E-state index in [1.807, 2.05) is 0 Å². The summed E-state index contributed by atoms with van der Waals surface area (Å²) in [5, 5.41) is 8.76. The van der Waals surface area contributed by atoms with Crippen LogP contribution in [0.3, 0.4) is 0 Å². The van der Waals surface area contributed by atoms with E-state index in [0.29, 0.717) is 6.07 Å². The molecule has 1 atom stereocenters. The molecular weight excluding hydrogens is 336 g/mol. The molecule has 11 heteroatoms. The Labute approximate surface area is 122 Å². The molecule has 0 bridgehead atoms. The fraction of sp³-hybridized carbons (Fsp3) is 0.273. The van der Waals surface area contributed by atoms with Crippen LogP contribution >= 0.6 is 0 Å². The molecule has 0 aliphatic heterocycles. The van der Waals surface area contributed by atoms with Gasteiger partial charge < -0.3 is 5.73 Å². The normalized spacial score (nSPS) is 14.5. The standard InChI is InChI=1S/C11H7F6N3OS/c12-10(13,14)5-22(21)8-3-7(2-1-6(8)4-18)20-9(19)11(15,16)17/h1-3H,5H2,(H2,19,20). The lowest BCUT2D eigenvalue weighted by atomic mass is 10.2. The summed E-state index contributed by atoms with van der Waals surface area (Å²) in [6.45, 7) is 0. The summed E-state index contributed by atoms with van der Waals surface area (Å²) in [5.74, 6) is -3.45. The summed E-state index contributed by atoms with van der Waals surface area (Å²) in [4.78, 5) is 2.43. The Morgan fingerprint density at radius 3 is 2.32 bits per heavy atom. The molecule has 0 spiro atoms. The van der Waals surface area contributed by atoms with Crippen LogP contribution in [-0.4, -0.2) is 28.1 Å². The number of amidine groups is 1. The SMILES string of the molecule is N#Cc1ccc(N=C(N)C(F)(F)F)cc1S(=O)CC(F)(F)F. The molecule has 1 aromatic rings. The van der Waals surface area contributed by atoms with Gasteiger partial charge in [-0.2, -0.15) is 31.6 Å². The highest BCUT2D eigenvalue weighted by molar-refractivity contribution is 7.85. The summed E-state index contributed by atoms with van der Waals surface area (Å²) < 4.78 is 85.0. The van der Waals surface area contributed by atoms with Gasteiger partial charge in [0.2, 0.25) is 5.84 Å². The molecule has 1 rings (SSSR count). The Balaban J connectivity index is 3.26. The van der Waals surface area contributed by atoms with Gasteiger partial charge in [0.1, 0.15) is 11.8 Å². The third-order valence-corrected chi connectivity index (χ3v) is 3.58. The minimum absolute atomic E-state index is 0.355. The molecule has 0 fully saturated rings. The maximum absolute atomic E-state index is 12.2. The predicted molar refractivity (Wildman–Crippen MR) is 65.8 cm³/mol. The first-order chi connectivity index (χ1) is 9.94. The summed E-state index contributed by atoms with van der Waals surface area (Å²) in [6.07, 6.45) is -9.68. The first-order valence-corrected chi connectivity index (χ1v) is 6.66. The quantitative estimate of drug-likeness (QED) is 0.521. The second-order valence-electron chi connectivity index (χ2n) is 3.89. The van der Waals surface area contributed by atoms with Gasteiger partial charge in [0, 0.05) is 0 Å². The molecule has 0 heterocycles. The van der Waals surface area contributed by atoms with E-state index in [-0.39, 0.29) is 5.56 Å². The molecule has 0 aromatic heterocycles. The third kappa shape index (κ3) is 5.03. The van der Waals surface area contributed by atoms with Gasteiger partial charge in [0.15, 0.2) is 0 Å². The summed E-state index contributed by atoms with van der Waals surface area (Å²) >= 11 is 0. The highest BCUT2D eigenvalue weighted by atomic mass is 32.2. The number of hydrogen-bond acceptors (Lipinski definition) is 3. The van der Waals surface area contributed by atoms with E-state index in [2.05, 4.69) is 10.7 Å². The fourth-order valence-electron chi connectivity index (χ4n) is 1.29. The Morgan fingerprint density at radius 1 is 1.27 bits per heavy atom. The minimum atomic E-state index is -4.92. The predicted octanol–water partition coefficient (Wildman–Crippen LogP) is 2.78. The van der Waals surface area contributed by atoms with Crippen LogP contribution in [0.15, 0.2) is 28.1 Å². The zero-order valence-electron chi connectivity index (χ0n) is 10.5. The van der Waals surface area contributed by atoms with Crippen LogP contribution in [0.5, 0.6) is 0 Å². The van der Waals surface area contributed by atoms with Crippen LogP contribution in [0.1, 0.15) is 5.56 Å². The van der Waals surface area contributed by atoms with E-state index < -0.39 is 45.3 Å². The fourth-order valence-corrected chi connectivity index (χ4v) is 2.35. The first kappa shape index (κ1) is 18.0. The van der Waals surface area contributed by atoms with Crippen molar-refractivity contribution in [2.45, 2.75) is 17.2 Å². The molecule has 0 aliphatic rings. The molecule has 1 aromatic carbocycles. The molecule has 120 valence electrons. The van der Waals surface area contributed by atoms with Crippen LogP contribution in [0, 0.1) is 11.3 Å². The van der Waals surface area contributed by atoms with Gasteiger partial charge in [0.05, 0.1) is 26.9 Å². The Morgan fingerprint density at radius 2 is 1.86 bits per heavy atom. The van der Waals surface area contributed by atoms with E-state index in [4.69, 9.17) is 5.26 Å². The second kappa shape index (κ2) is 6.35. The molecular formula is C11H7F6N3OS. The van der Waals surface area contributed by atoms with E-state index >= 15 is 0 Å². The lowest BCUT2D eigenvalue weighted by molar-refractivity contribution is -0.105. The molecule has 4 nitrogen and oxygen atoms in total. The van der Waals surface area contributed by atoms with Crippen molar-refractivity contribution in [3.63, 3.8) is 0 Å². The number of alkyl halides is 6. The number of halogens is 6. The highest BCUT2D eigenvalue weighted by Crippen LogP contribution is 2.26. The number of nitrogens with two attached hydrogens (primary N) is 1. The average Bonchev–Trinajstić information content (AvgIpc) is 2.35. The lowest BCUT2D eigenvalue weighted by Crippen LogP contribution is -2.30. The molecule has 2 N–H and O–H groups in total. The van der Waals surface area contributed by atoms with Gasteiger partial charge in [-0.3, -0.25) is 4.21 Å². The maximum Gasteiger partial charge on any atom is 0.448 e. The number of aliphatic imine (C=N–C) groups is 1. The smallest absolute Gasteiger partial charge is 0.380 e. The molecule has 0 radical (unpaired) electrons. The van der Waals surface area contributed by atoms with Gasteiger partial charge in [-0.15, -0.1) is 0 Å². The first-order valence-electron chi connectivity index (χ1n) is 5.34. The van der Waals surface area contributed by atoms with Gasteiger partial charge in [-0.05, 0) is 18.2 Å². The summed E-state index contributed by atoms with van der Waals surface area (Å²) in [7, 11) is -2.65. The van der Waals surface area contributed by atoms with Crippen molar-refractivity contribution in [3.8, 4) is 6.07 Å². The van der Waals surface area contributed by atoms with Gasteiger partial charge in [0.25, 0.3) is 0 Å². The number of nitrogens with zero attached hydrogens (tertiary/aromatic N) is 2. The minimum Gasteiger partial charge on any atom is -0.380 e. The Kier molecular flexibility index (Phi) is 5.18. The lowest BCUT2D eigenvalue weighted by Gasteiger charge is -2.09. The van der Waals surface area contributed by atoms with Gasteiger partial charge in [-0.25, -0.2) is 4.99 Å². The average molecular weight is 343 g/mol. The Bertz CT molecular complexity index is 659. The summed E-state index contributed by atoms with van der Waals surface area (Å²) in [6, 6.07) is 4.09. The molecule has 0 amide bonds. The molecule has 1 unspecified atom stereocenters. The molecule has 0 saturated heterocycles. The van der Waals surface area contributed by atoms with Crippen molar-refractivity contribution in [1.82, 2.24) is 0 Å². The summed E-state index contributed by atoms with van der Waals surface area (Å²) in [5.41, 5.74) is 3.87. The molecule has 22 heavy (non-hydrogen) atoms. The molecule has 0 saturated carbocycles. The molecule has 0 aliphatic carbocycles. The van der Waals surface area contributed by atoms with E-state index in [9.17, 15) is 30.6 Å². The van der Waals surface area contributed by atoms with Crippen molar-refractivity contribution >= 4 is 22.3 Å².